The summed E-state index contributed by atoms with van der Waals surface area (Å²) >= 11 is 3.05. The second kappa shape index (κ2) is 8.00. The highest BCUT2D eigenvalue weighted by molar-refractivity contribution is 9.10. The minimum Gasteiger partial charge on any atom is -0.379 e. The highest BCUT2D eigenvalue weighted by atomic mass is 79.9. The van der Waals surface area contributed by atoms with Gasteiger partial charge in [-0.25, -0.2) is 4.39 Å². The summed E-state index contributed by atoms with van der Waals surface area (Å²) in [5.41, 5.74) is 0.279. The minimum atomic E-state index is -0.454. The van der Waals surface area contributed by atoms with Gasteiger partial charge in [0.1, 0.15) is 5.82 Å². The number of hydrogen-bond donors (Lipinski definition) is 1. The van der Waals surface area contributed by atoms with E-state index in [4.69, 9.17) is 4.74 Å². The Balaban J connectivity index is 2.37. The smallest absolute Gasteiger partial charge is 0.252 e. The van der Waals surface area contributed by atoms with Gasteiger partial charge in [-0.1, -0.05) is 12.1 Å². The number of halogens is 2. The monoisotopic (exact) mass is 315 g/mol. The summed E-state index contributed by atoms with van der Waals surface area (Å²) < 4.78 is 18.6. The first-order chi connectivity index (χ1) is 8.66. The van der Waals surface area contributed by atoms with Crippen LogP contribution in [0.25, 0.3) is 0 Å². The number of carbonyl (C=O) groups is 1. The summed E-state index contributed by atoms with van der Waals surface area (Å²) in [4.78, 5) is 11.7. The van der Waals surface area contributed by atoms with Gasteiger partial charge in [0.15, 0.2) is 0 Å². The molecule has 0 aliphatic heterocycles. The normalized spacial score (nSPS) is 10.1. The lowest BCUT2D eigenvalue weighted by Crippen LogP contribution is -2.27. The third-order valence-corrected chi connectivity index (χ3v) is 3.00. The Kier molecular flexibility index (Phi) is 6.60. The Labute approximate surface area is 114 Å². The van der Waals surface area contributed by atoms with Crippen molar-refractivity contribution < 1.29 is 13.9 Å². The molecule has 18 heavy (non-hydrogen) atoms. The number of benzene rings is 1. The second-order valence-corrected chi connectivity index (χ2v) is 4.34. The van der Waals surface area contributed by atoms with E-state index in [1.807, 2.05) is 0 Å². The molecule has 0 aliphatic carbocycles. The average Bonchev–Trinajstić information content (AvgIpc) is 2.36. The Morgan fingerprint density at radius 1 is 1.50 bits per heavy atom. The molecular formula is C13H15BrFNO2. The summed E-state index contributed by atoms with van der Waals surface area (Å²) in [7, 11) is 0. The average molecular weight is 316 g/mol. The van der Waals surface area contributed by atoms with Gasteiger partial charge in [0, 0.05) is 6.54 Å². The zero-order valence-corrected chi connectivity index (χ0v) is 11.5. The molecule has 1 N–H and O–H groups in total. The van der Waals surface area contributed by atoms with Crippen molar-refractivity contribution in [3.63, 3.8) is 0 Å². The molecule has 0 aromatic heterocycles. The van der Waals surface area contributed by atoms with Crippen LogP contribution in [0.4, 0.5) is 4.39 Å². The molecule has 0 atom stereocenters. The molecular weight excluding hydrogens is 301 g/mol. The molecule has 1 amide bonds. The maximum absolute atomic E-state index is 13.2. The molecule has 0 unspecified atom stereocenters. The highest BCUT2D eigenvalue weighted by Gasteiger charge is 2.12. The molecule has 0 spiro atoms. The van der Waals surface area contributed by atoms with E-state index in [1.165, 1.54) is 12.1 Å². The first-order valence-corrected chi connectivity index (χ1v) is 6.37. The summed E-state index contributed by atoms with van der Waals surface area (Å²) in [5, 5.41) is 2.66. The van der Waals surface area contributed by atoms with Crippen molar-refractivity contribution in [1.82, 2.24) is 5.32 Å². The standard InChI is InChI=1S/C13H15BrFNO2/c1-2-3-8-18-9-7-16-13(17)10-5-4-6-11(15)12(10)14/h2,4-6H,1,3,7-9H2,(H,16,17). The predicted octanol–water partition coefficient (Wildman–Crippen LogP) is 2.91. The highest BCUT2D eigenvalue weighted by Crippen LogP contribution is 2.19. The first kappa shape index (κ1) is 14.9. The summed E-state index contributed by atoms with van der Waals surface area (Å²) in [6, 6.07) is 4.34. The molecule has 5 heteroatoms. The summed E-state index contributed by atoms with van der Waals surface area (Å²) in [6.07, 6.45) is 2.55. The Morgan fingerprint density at radius 3 is 3.00 bits per heavy atom. The number of ether oxygens (including phenoxy) is 1. The lowest BCUT2D eigenvalue weighted by atomic mass is 10.2. The molecule has 1 aromatic carbocycles. The molecule has 3 nitrogen and oxygen atoms in total. The fraction of sp³-hybridized carbons (Fsp3) is 0.308. The lowest BCUT2D eigenvalue weighted by Gasteiger charge is -2.07. The predicted molar refractivity (Wildman–Crippen MR) is 72.1 cm³/mol. The lowest BCUT2D eigenvalue weighted by molar-refractivity contribution is 0.0916. The van der Waals surface area contributed by atoms with Crippen molar-refractivity contribution in [2.45, 2.75) is 6.42 Å². The van der Waals surface area contributed by atoms with Crippen molar-refractivity contribution in [2.24, 2.45) is 0 Å². The first-order valence-electron chi connectivity index (χ1n) is 5.57. The fourth-order valence-corrected chi connectivity index (χ4v) is 1.72. The van der Waals surface area contributed by atoms with Crippen LogP contribution in [-0.2, 0) is 4.74 Å². The van der Waals surface area contributed by atoms with Gasteiger partial charge >= 0.3 is 0 Å². The van der Waals surface area contributed by atoms with Crippen LogP contribution < -0.4 is 5.32 Å². The van der Waals surface area contributed by atoms with E-state index in [2.05, 4.69) is 27.8 Å². The third kappa shape index (κ3) is 4.58. The quantitative estimate of drug-likeness (QED) is 0.620. The SMILES string of the molecule is C=CCCOCCNC(=O)c1cccc(F)c1Br. The number of nitrogens with one attached hydrogen (secondary N) is 1. The minimum absolute atomic E-state index is 0.176. The van der Waals surface area contributed by atoms with E-state index in [0.29, 0.717) is 19.8 Å². The molecule has 1 rings (SSSR count). The Hall–Kier alpha value is -1.20. The fourth-order valence-electron chi connectivity index (χ4n) is 1.28. The van der Waals surface area contributed by atoms with Crippen LogP contribution >= 0.6 is 15.9 Å². The topological polar surface area (TPSA) is 38.3 Å². The van der Waals surface area contributed by atoms with Crippen LogP contribution in [0.1, 0.15) is 16.8 Å². The van der Waals surface area contributed by atoms with E-state index in [1.54, 1.807) is 12.1 Å². The Morgan fingerprint density at radius 2 is 2.28 bits per heavy atom. The van der Waals surface area contributed by atoms with Crippen molar-refractivity contribution in [3.05, 3.63) is 46.7 Å². The molecule has 0 bridgehead atoms. The van der Waals surface area contributed by atoms with Gasteiger partial charge in [-0.3, -0.25) is 4.79 Å². The molecule has 1 aromatic rings. The van der Waals surface area contributed by atoms with E-state index >= 15 is 0 Å². The van der Waals surface area contributed by atoms with Gasteiger partial charge in [-0.2, -0.15) is 0 Å². The largest absolute Gasteiger partial charge is 0.379 e. The molecule has 98 valence electrons. The van der Waals surface area contributed by atoms with Crippen LogP contribution in [0, 0.1) is 5.82 Å². The van der Waals surface area contributed by atoms with Gasteiger partial charge in [0.2, 0.25) is 0 Å². The maximum Gasteiger partial charge on any atom is 0.252 e. The van der Waals surface area contributed by atoms with Crippen molar-refractivity contribution >= 4 is 21.8 Å². The summed E-state index contributed by atoms with van der Waals surface area (Å²) in [5.74, 6) is -0.779. The van der Waals surface area contributed by atoms with E-state index < -0.39 is 5.82 Å². The molecule has 0 saturated carbocycles. The van der Waals surface area contributed by atoms with Crippen LogP contribution in [0.3, 0.4) is 0 Å². The number of carbonyl (C=O) groups excluding carboxylic acids is 1. The van der Waals surface area contributed by atoms with E-state index in [0.717, 1.165) is 6.42 Å². The van der Waals surface area contributed by atoms with Crippen LogP contribution in [0.15, 0.2) is 35.3 Å². The maximum atomic E-state index is 13.2. The van der Waals surface area contributed by atoms with E-state index in [-0.39, 0.29) is 15.9 Å². The number of hydrogen-bond acceptors (Lipinski definition) is 2. The summed E-state index contributed by atoms with van der Waals surface area (Å²) in [6.45, 7) is 4.97. The zero-order chi connectivity index (χ0) is 13.4. The number of amides is 1. The molecule has 0 radical (unpaired) electrons. The van der Waals surface area contributed by atoms with Crippen molar-refractivity contribution in [2.75, 3.05) is 19.8 Å². The van der Waals surface area contributed by atoms with Gasteiger partial charge in [-0.15, -0.1) is 6.58 Å². The molecule has 0 heterocycles. The molecule has 0 aliphatic rings. The van der Waals surface area contributed by atoms with Gasteiger partial charge in [0.25, 0.3) is 5.91 Å². The van der Waals surface area contributed by atoms with Gasteiger partial charge in [-0.05, 0) is 34.5 Å². The zero-order valence-electron chi connectivity index (χ0n) is 9.92. The third-order valence-electron chi connectivity index (χ3n) is 2.19. The van der Waals surface area contributed by atoms with Gasteiger partial charge in [0.05, 0.1) is 23.2 Å². The Bertz CT molecular complexity index is 423. The number of rotatable bonds is 7. The van der Waals surface area contributed by atoms with Gasteiger partial charge < -0.3 is 10.1 Å². The molecule has 0 saturated heterocycles. The van der Waals surface area contributed by atoms with Crippen LogP contribution in [0.5, 0.6) is 0 Å². The molecule has 0 fully saturated rings. The van der Waals surface area contributed by atoms with Crippen LogP contribution in [0.2, 0.25) is 0 Å². The van der Waals surface area contributed by atoms with E-state index in [9.17, 15) is 9.18 Å². The van der Waals surface area contributed by atoms with Crippen LogP contribution in [-0.4, -0.2) is 25.7 Å². The van der Waals surface area contributed by atoms with Crippen molar-refractivity contribution in [1.29, 1.82) is 0 Å². The van der Waals surface area contributed by atoms with Crippen molar-refractivity contribution in [3.8, 4) is 0 Å². The second-order valence-electron chi connectivity index (χ2n) is 3.55.